The zero-order valence-corrected chi connectivity index (χ0v) is 11.2. The van der Waals surface area contributed by atoms with Gasteiger partial charge in [0, 0.05) is 33.9 Å². The monoisotopic (exact) mass is 309 g/mol. The maximum atomic E-state index is 12.0. The second kappa shape index (κ2) is 5.43. The summed E-state index contributed by atoms with van der Waals surface area (Å²) in [5, 5.41) is 0.550. The summed E-state index contributed by atoms with van der Waals surface area (Å²) in [6, 6.07) is 8.89. The lowest BCUT2D eigenvalue weighted by molar-refractivity contribution is 0.0993. The van der Waals surface area contributed by atoms with Crippen LogP contribution in [0.4, 0.5) is 0 Å². The summed E-state index contributed by atoms with van der Waals surface area (Å²) in [6.07, 6.45) is 3.71. The van der Waals surface area contributed by atoms with Gasteiger partial charge in [-0.15, -0.1) is 0 Å². The molecule has 1 heterocycles. The Labute approximate surface area is 113 Å². The number of ketones is 1. The van der Waals surface area contributed by atoms with E-state index in [-0.39, 0.29) is 5.78 Å². The maximum absolute atomic E-state index is 12.0. The number of hydrogen-bond donors (Lipinski definition) is 0. The van der Waals surface area contributed by atoms with Gasteiger partial charge in [-0.05, 0) is 29.8 Å². The normalized spacial score (nSPS) is 10.2. The summed E-state index contributed by atoms with van der Waals surface area (Å²) >= 11 is 9.22. The van der Waals surface area contributed by atoms with Crippen molar-refractivity contribution in [3.8, 4) is 0 Å². The maximum Gasteiger partial charge on any atom is 0.167 e. The van der Waals surface area contributed by atoms with Gasteiger partial charge in [-0.3, -0.25) is 9.78 Å². The topological polar surface area (TPSA) is 30.0 Å². The Bertz CT molecular complexity index is 522. The van der Waals surface area contributed by atoms with Crippen molar-refractivity contribution in [3.63, 3.8) is 0 Å². The second-order valence-electron chi connectivity index (χ2n) is 3.62. The predicted molar refractivity (Wildman–Crippen MR) is 71.4 cm³/mol. The molecule has 86 valence electrons. The fourth-order valence-electron chi connectivity index (χ4n) is 1.50. The van der Waals surface area contributed by atoms with Crippen molar-refractivity contribution in [2.45, 2.75) is 6.42 Å². The van der Waals surface area contributed by atoms with Crippen LogP contribution in [0.3, 0.4) is 0 Å². The van der Waals surface area contributed by atoms with Gasteiger partial charge in [-0.25, -0.2) is 0 Å². The molecule has 0 aliphatic rings. The molecule has 0 unspecified atom stereocenters. The van der Waals surface area contributed by atoms with Crippen molar-refractivity contribution >= 4 is 33.3 Å². The number of halogens is 2. The van der Waals surface area contributed by atoms with Crippen molar-refractivity contribution in [2.24, 2.45) is 0 Å². The first-order chi connectivity index (χ1) is 8.15. The molecular weight excluding hydrogens is 302 g/mol. The molecule has 0 bridgehead atoms. The summed E-state index contributed by atoms with van der Waals surface area (Å²) < 4.78 is 0.805. The van der Waals surface area contributed by atoms with Crippen LogP contribution in [0.2, 0.25) is 5.02 Å². The van der Waals surface area contributed by atoms with E-state index in [4.69, 9.17) is 11.6 Å². The van der Waals surface area contributed by atoms with E-state index in [2.05, 4.69) is 20.9 Å². The van der Waals surface area contributed by atoms with E-state index in [1.165, 1.54) is 0 Å². The lowest BCUT2D eigenvalue weighted by atomic mass is 10.0. The van der Waals surface area contributed by atoms with E-state index < -0.39 is 0 Å². The molecule has 1 aromatic heterocycles. The number of carbonyl (C=O) groups excluding carboxylic acids is 1. The molecule has 2 rings (SSSR count). The van der Waals surface area contributed by atoms with Crippen LogP contribution < -0.4 is 0 Å². The Hall–Kier alpha value is -1.19. The van der Waals surface area contributed by atoms with E-state index in [0.29, 0.717) is 17.0 Å². The van der Waals surface area contributed by atoms with Gasteiger partial charge in [0.1, 0.15) is 0 Å². The van der Waals surface area contributed by atoms with Crippen LogP contribution in [0.25, 0.3) is 0 Å². The molecule has 0 aliphatic heterocycles. The standard InChI is InChI=1S/C13H9BrClNO/c14-11-5-10(6-12(15)7-11)13(17)4-9-2-1-3-16-8-9/h1-3,5-8H,4H2. The van der Waals surface area contributed by atoms with Crippen LogP contribution in [0.1, 0.15) is 15.9 Å². The van der Waals surface area contributed by atoms with Gasteiger partial charge in [0.25, 0.3) is 0 Å². The second-order valence-corrected chi connectivity index (χ2v) is 4.97. The van der Waals surface area contributed by atoms with E-state index in [1.54, 1.807) is 30.6 Å². The highest BCUT2D eigenvalue weighted by Crippen LogP contribution is 2.20. The fraction of sp³-hybridized carbons (Fsp3) is 0.0769. The SMILES string of the molecule is O=C(Cc1cccnc1)c1cc(Cl)cc(Br)c1. The first-order valence-corrected chi connectivity index (χ1v) is 6.20. The number of benzene rings is 1. The smallest absolute Gasteiger partial charge is 0.167 e. The number of Topliss-reactive ketones (excluding diaryl/α,β-unsaturated/α-hetero) is 1. The highest BCUT2D eigenvalue weighted by Gasteiger charge is 2.08. The van der Waals surface area contributed by atoms with Gasteiger partial charge >= 0.3 is 0 Å². The first kappa shape index (κ1) is 12.3. The molecule has 0 aliphatic carbocycles. The third-order valence-corrected chi connectivity index (χ3v) is 2.95. The summed E-state index contributed by atoms with van der Waals surface area (Å²) in [7, 11) is 0. The molecule has 0 saturated heterocycles. The van der Waals surface area contributed by atoms with Crippen LogP contribution in [-0.2, 0) is 6.42 Å². The molecule has 4 heteroatoms. The molecule has 2 nitrogen and oxygen atoms in total. The average Bonchev–Trinajstić information content (AvgIpc) is 2.29. The van der Waals surface area contributed by atoms with Crippen LogP contribution in [0.5, 0.6) is 0 Å². The Morgan fingerprint density at radius 1 is 1.35 bits per heavy atom. The lowest BCUT2D eigenvalue weighted by Gasteiger charge is -2.03. The Morgan fingerprint density at radius 3 is 2.82 bits per heavy atom. The summed E-state index contributed by atoms with van der Waals surface area (Å²) in [6.45, 7) is 0. The number of aromatic nitrogens is 1. The predicted octanol–water partition coefficient (Wildman–Crippen LogP) is 3.92. The molecule has 0 fully saturated rings. The highest BCUT2D eigenvalue weighted by atomic mass is 79.9. The van der Waals surface area contributed by atoms with Gasteiger partial charge in [0.05, 0.1) is 0 Å². The van der Waals surface area contributed by atoms with E-state index in [9.17, 15) is 4.79 Å². The van der Waals surface area contributed by atoms with Crippen LogP contribution >= 0.6 is 27.5 Å². The highest BCUT2D eigenvalue weighted by molar-refractivity contribution is 9.10. The third kappa shape index (κ3) is 3.38. The van der Waals surface area contributed by atoms with Crippen LogP contribution in [0.15, 0.2) is 47.2 Å². The molecule has 0 radical (unpaired) electrons. The van der Waals surface area contributed by atoms with E-state index in [1.807, 2.05) is 12.1 Å². The summed E-state index contributed by atoms with van der Waals surface area (Å²) in [4.78, 5) is 16.0. The molecule has 17 heavy (non-hydrogen) atoms. The zero-order chi connectivity index (χ0) is 12.3. The van der Waals surface area contributed by atoms with Gasteiger partial charge in [-0.1, -0.05) is 33.6 Å². The van der Waals surface area contributed by atoms with Crippen molar-refractivity contribution < 1.29 is 4.79 Å². The zero-order valence-electron chi connectivity index (χ0n) is 8.86. The molecule has 2 aromatic rings. The van der Waals surface area contributed by atoms with Crippen LogP contribution in [-0.4, -0.2) is 10.8 Å². The Kier molecular flexibility index (Phi) is 3.92. The largest absolute Gasteiger partial charge is 0.294 e. The van der Waals surface area contributed by atoms with Gasteiger partial charge in [-0.2, -0.15) is 0 Å². The van der Waals surface area contributed by atoms with E-state index in [0.717, 1.165) is 10.0 Å². The van der Waals surface area contributed by atoms with Gasteiger partial charge in [0.2, 0.25) is 0 Å². The molecular formula is C13H9BrClNO. The van der Waals surface area contributed by atoms with Crippen molar-refractivity contribution in [1.29, 1.82) is 0 Å². The number of pyridine rings is 1. The minimum absolute atomic E-state index is 0.0289. The minimum Gasteiger partial charge on any atom is -0.294 e. The summed E-state index contributed by atoms with van der Waals surface area (Å²) in [5.74, 6) is 0.0289. The minimum atomic E-state index is 0.0289. The van der Waals surface area contributed by atoms with Gasteiger partial charge in [0.15, 0.2) is 5.78 Å². The quantitative estimate of drug-likeness (QED) is 0.804. The van der Waals surface area contributed by atoms with Crippen molar-refractivity contribution in [2.75, 3.05) is 0 Å². The fourth-order valence-corrected chi connectivity index (χ4v) is 2.37. The van der Waals surface area contributed by atoms with E-state index >= 15 is 0 Å². The number of carbonyl (C=O) groups is 1. The third-order valence-electron chi connectivity index (χ3n) is 2.27. The van der Waals surface area contributed by atoms with Crippen LogP contribution in [0, 0.1) is 0 Å². The number of hydrogen-bond acceptors (Lipinski definition) is 2. The van der Waals surface area contributed by atoms with Gasteiger partial charge < -0.3 is 0 Å². The molecule has 0 N–H and O–H groups in total. The number of rotatable bonds is 3. The lowest BCUT2D eigenvalue weighted by Crippen LogP contribution is -2.03. The molecule has 0 atom stereocenters. The Morgan fingerprint density at radius 2 is 2.18 bits per heavy atom. The molecule has 0 spiro atoms. The number of nitrogens with zero attached hydrogens (tertiary/aromatic N) is 1. The summed E-state index contributed by atoms with van der Waals surface area (Å²) in [5.41, 5.74) is 1.50. The van der Waals surface area contributed by atoms with Crippen molar-refractivity contribution in [1.82, 2.24) is 4.98 Å². The average molecular weight is 311 g/mol. The Balaban J connectivity index is 2.20. The first-order valence-electron chi connectivity index (χ1n) is 5.03. The van der Waals surface area contributed by atoms with Crippen molar-refractivity contribution in [3.05, 3.63) is 63.3 Å². The molecule has 0 saturated carbocycles. The molecule has 0 amide bonds. The molecule has 1 aromatic carbocycles.